The van der Waals surface area contributed by atoms with Crippen molar-refractivity contribution in [2.24, 2.45) is 5.41 Å². The van der Waals surface area contributed by atoms with E-state index in [1.54, 1.807) is 0 Å². The van der Waals surface area contributed by atoms with Gasteiger partial charge in [-0.3, -0.25) is 4.57 Å². The van der Waals surface area contributed by atoms with Gasteiger partial charge in [-0.15, -0.1) is 6.58 Å². The quantitative estimate of drug-likeness (QED) is 0.163. The number of hydrogen-bond donors (Lipinski definition) is 0. The number of allylic oxidation sites excluding steroid dienone is 7. The number of aromatic nitrogens is 5. The first kappa shape index (κ1) is 31.6. The fourth-order valence-corrected chi connectivity index (χ4v) is 7.71. The van der Waals surface area contributed by atoms with Gasteiger partial charge in [0.25, 0.3) is 0 Å². The van der Waals surface area contributed by atoms with Crippen LogP contribution in [0.15, 0.2) is 189 Å². The SMILES string of the molecule is C=CC1(C)C=CC=C(c2nc(-c3ccccc3)nc(-n3c4ccccc4c4cc(-c5ccc6c(c5)c5ccccc5n6-c5ccccc5)ccc43)n2)C=C1. The minimum absolute atomic E-state index is 0.260. The molecule has 0 N–H and O–H groups in total. The maximum absolute atomic E-state index is 5.17. The van der Waals surface area contributed by atoms with Gasteiger partial charge < -0.3 is 4.57 Å². The van der Waals surface area contributed by atoms with Crippen LogP contribution in [-0.4, -0.2) is 24.1 Å². The van der Waals surface area contributed by atoms with Crippen molar-refractivity contribution in [3.05, 3.63) is 194 Å². The van der Waals surface area contributed by atoms with E-state index in [0.717, 1.165) is 49.8 Å². The smallest absolute Gasteiger partial charge is 0.238 e. The molecule has 9 aromatic rings. The van der Waals surface area contributed by atoms with Crippen molar-refractivity contribution in [3.63, 3.8) is 0 Å². The van der Waals surface area contributed by atoms with E-state index in [1.807, 2.05) is 36.4 Å². The molecule has 0 spiro atoms. The molecule has 0 aliphatic heterocycles. The molecule has 1 unspecified atom stereocenters. The summed E-state index contributed by atoms with van der Waals surface area (Å²) in [4.78, 5) is 15.3. The minimum atomic E-state index is -0.260. The first-order chi connectivity index (χ1) is 26.6. The van der Waals surface area contributed by atoms with Crippen LogP contribution in [0.1, 0.15) is 12.7 Å². The van der Waals surface area contributed by atoms with Crippen molar-refractivity contribution in [3.8, 4) is 34.2 Å². The fourth-order valence-electron chi connectivity index (χ4n) is 7.71. The molecule has 1 aliphatic carbocycles. The lowest BCUT2D eigenvalue weighted by Gasteiger charge is -2.14. The second kappa shape index (κ2) is 12.5. The van der Waals surface area contributed by atoms with Gasteiger partial charge in [0.15, 0.2) is 11.6 Å². The molecular formula is C49H35N5. The van der Waals surface area contributed by atoms with Crippen molar-refractivity contribution in [2.75, 3.05) is 0 Å². The monoisotopic (exact) mass is 693 g/mol. The normalized spacial score (nSPS) is 15.6. The van der Waals surface area contributed by atoms with Crippen LogP contribution < -0.4 is 0 Å². The standard InChI is InChI=1S/C49H35N5/c1-3-49(2)29-14-17-34(28-30-49)47-50-46(33-15-6-4-7-16-33)51-48(52-47)54-43-23-13-11-21-39(43)41-32-36(25-27-45(41)54)35-24-26-44-40(31-35)38-20-10-12-22-42(38)53(44)37-18-8-5-9-19-37/h3-32H,1H2,2H3. The number of fused-ring (bicyclic) bond motifs is 6. The zero-order chi connectivity index (χ0) is 36.2. The highest BCUT2D eigenvalue weighted by Crippen LogP contribution is 2.38. The summed E-state index contributed by atoms with van der Waals surface area (Å²) in [5.41, 5.74) is 9.49. The Bertz CT molecular complexity index is 3020. The van der Waals surface area contributed by atoms with Gasteiger partial charge in [0, 0.05) is 43.8 Å². The van der Waals surface area contributed by atoms with Crippen LogP contribution in [0.3, 0.4) is 0 Å². The summed E-state index contributed by atoms with van der Waals surface area (Å²) >= 11 is 0. The summed E-state index contributed by atoms with van der Waals surface area (Å²) in [6.45, 7) is 6.18. The fraction of sp³-hybridized carbons (Fsp3) is 0.0408. The minimum Gasteiger partial charge on any atom is -0.309 e. The van der Waals surface area contributed by atoms with E-state index < -0.39 is 0 Å². The third kappa shape index (κ3) is 5.21. The third-order valence-electron chi connectivity index (χ3n) is 10.6. The lowest BCUT2D eigenvalue weighted by atomic mass is 9.90. The van der Waals surface area contributed by atoms with Gasteiger partial charge in [0.2, 0.25) is 5.95 Å². The first-order valence-corrected chi connectivity index (χ1v) is 18.2. The largest absolute Gasteiger partial charge is 0.309 e. The summed E-state index contributed by atoms with van der Waals surface area (Å²) in [5, 5.41) is 4.73. The maximum atomic E-state index is 5.17. The summed E-state index contributed by atoms with van der Waals surface area (Å²) in [6.07, 6.45) is 12.4. The molecular weight excluding hydrogens is 659 g/mol. The van der Waals surface area contributed by atoms with E-state index in [-0.39, 0.29) is 5.41 Å². The Morgan fingerprint density at radius 1 is 0.519 bits per heavy atom. The summed E-state index contributed by atoms with van der Waals surface area (Å²) < 4.78 is 4.53. The Balaban J connectivity index is 1.15. The van der Waals surface area contributed by atoms with E-state index >= 15 is 0 Å². The lowest BCUT2D eigenvalue weighted by Crippen LogP contribution is -2.08. The van der Waals surface area contributed by atoms with Gasteiger partial charge in [0.05, 0.1) is 22.1 Å². The summed E-state index contributed by atoms with van der Waals surface area (Å²) in [7, 11) is 0. The Kier molecular flexibility index (Phi) is 7.34. The Labute approximate surface area is 313 Å². The van der Waals surface area contributed by atoms with Crippen molar-refractivity contribution in [1.29, 1.82) is 0 Å². The van der Waals surface area contributed by atoms with Crippen LogP contribution >= 0.6 is 0 Å². The first-order valence-electron chi connectivity index (χ1n) is 18.2. The van der Waals surface area contributed by atoms with Crippen LogP contribution in [0.4, 0.5) is 0 Å². The number of hydrogen-bond acceptors (Lipinski definition) is 3. The predicted molar refractivity (Wildman–Crippen MR) is 224 cm³/mol. The van der Waals surface area contributed by atoms with Gasteiger partial charge in [-0.25, -0.2) is 4.98 Å². The number of nitrogens with zero attached hydrogens (tertiary/aromatic N) is 5. The number of rotatable bonds is 6. The highest BCUT2D eigenvalue weighted by atomic mass is 15.2. The molecule has 256 valence electrons. The molecule has 10 rings (SSSR count). The second-order valence-electron chi connectivity index (χ2n) is 14.0. The zero-order valence-corrected chi connectivity index (χ0v) is 29.8. The molecule has 1 aliphatic rings. The molecule has 0 fully saturated rings. The van der Waals surface area contributed by atoms with Gasteiger partial charge >= 0.3 is 0 Å². The topological polar surface area (TPSA) is 48.5 Å². The van der Waals surface area contributed by atoms with Crippen molar-refractivity contribution < 1.29 is 0 Å². The molecule has 5 nitrogen and oxygen atoms in total. The van der Waals surface area contributed by atoms with Crippen LogP contribution in [0.2, 0.25) is 0 Å². The average Bonchev–Trinajstić information content (AvgIpc) is 3.66. The van der Waals surface area contributed by atoms with E-state index in [0.29, 0.717) is 17.6 Å². The summed E-state index contributed by atoms with van der Waals surface area (Å²) in [6, 6.07) is 51.4. The second-order valence-corrected chi connectivity index (χ2v) is 14.0. The van der Waals surface area contributed by atoms with Crippen molar-refractivity contribution >= 4 is 49.2 Å². The van der Waals surface area contributed by atoms with Crippen LogP contribution in [-0.2, 0) is 0 Å². The van der Waals surface area contributed by atoms with Crippen molar-refractivity contribution in [1.82, 2.24) is 24.1 Å². The molecule has 6 aromatic carbocycles. The Morgan fingerprint density at radius 2 is 1.07 bits per heavy atom. The zero-order valence-electron chi connectivity index (χ0n) is 29.8. The third-order valence-corrected chi connectivity index (χ3v) is 10.6. The maximum Gasteiger partial charge on any atom is 0.238 e. The molecule has 3 heterocycles. The molecule has 0 saturated carbocycles. The summed E-state index contributed by atoms with van der Waals surface area (Å²) in [5.74, 6) is 1.80. The molecule has 0 bridgehead atoms. The van der Waals surface area contributed by atoms with E-state index in [4.69, 9.17) is 15.0 Å². The molecule has 54 heavy (non-hydrogen) atoms. The van der Waals surface area contributed by atoms with Crippen LogP contribution in [0.5, 0.6) is 0 Å². The van der Waals surface area contributed by atoms with Gasteiger partial charge in [0.1, 0.15) is 0 Å². The highest BCUT2D eigenvalue weighted by Gasteiger charge is 2.21. The van der Waals surface area contributed by atoms with E-state index in [1.165, 1.54) is 21.8 Å². The molecule has 3 aromatic heterocycles. The van der Waals surface area contributed by atoms with Crippen LogP contribution in [0, 0.1) is 5.41 Å². The Hall–Kier alpha value is -7.11. The molecule has 0 saturated heterocycles. The molecule has 5 heteroatoms. The number of para-hydroxylation sites is 3. The lowest BCUT2D eigenvalue weighted by molar-refractivity contribution is 0.720. The van der Waals surface area contributed by atoms with E-state index in [9.17, 15) is 0 Å². The molecule has 0 amide bonds. The Morgan fingerprint density at radius 3 is 1.74 bits per heavy atom. The van der Waals surface area contributed by atoms with Crippen molar-refractivity contribution in [2.45, 2.75) is 6.92 Å². The van der Waals surface area contributed by atoms with Gasteiger partial charge in [-0.1, -0.05) is 134 Å². The predicted octanol–water partition coefficient (Wildman–Crippen LogP) is 12.1. The molecule has 1 atom stereocenters. The van der Waals surface area contributed by atoms with Crippen LogP contribution in [0.25, 0.3) is 83.3 Å². The highest BCUT2D eigenvalue weighted by molar-refractivity contribution is 6.12. The average molecular weight is 694 g/mol. The molecule has 0 radical (unpaired) electrons. The number of benzene rings is 6. The van der Waals surface area contributed by atoms with E-state index in [2.05, 4.69) is 168 Å². The van der Waals surface area contributed by atoms with Gasteiger partial charge in [-0.2, -0.15) is 9.97 Å². The van der Waals surface area contributed by atoms with Gasteiger partial charge in [-0.05, 0) is 66.6 Å².